The van der Waals surface area contributed by atoms with E-state index in [0.717, 1.165) is 26.1 Å². The second kappa shape index (κ2) is 8.30. The minimum absolute atomic E-state index is 0.215. The maximum absolute atomic E-state index is 13.0. The van der Waals surface area contributed by atoms with E-state index in [4.69, 9.17) is 9.68 Å². The van der Waals surface area contributed by atoms with Gasteiger partial charge in [-0.05, 0) is 50.3 Å². The number of nitriles is 1. The molecule has 0 aliphatic carbocycles. The number of hydrogen-bond acceptors (Lipinski definition) is 5. The lowest BCUT2D eigenvalue weighted by molar-refractivity contribution is 0.302. The maximum atomic E-state index is 13.0. The van der Waals surface area contributed by atoms with E-state index in [1.54, 1.807) is 12.1 Å². The highest BCUT2D eigenvalue weighted by Gasteiger charge is 2.14. The van der Waals surface area contributed by atoms with E-state index in [1.807, 2.05) is 6.07 Å². The topological polar surface area (TPSA) is 65.1 Å². The second-order valence-corrected chi connectivity index (χ2v) is 5.12. The van der Waals surface area contributed by atoms with Crippen molar-refractivity contribution in [2.75, 3.05) is 31.5 Å². The Morgan fingerprint density at radius 3 is 2.57 bits per heavy atom. The van der Waals surface area contributed by atoms with Gasteiger partial charge in [0.2, 0.25) is 17.5 Å². The molecule has 1 N–H and O–H groups in total. The molecule has 0 unspecified atom stereocenters. The van der Waals surface area contributed by atoms with Crippen LogP contribution in [0.25, 0.3) is 11.5 Å². The number of nitrogens with zero attached hydrogens (tertiary/aromatic N) is 3. The third-order valence-corrected chi connectivity index (χ3v) is 3.66. The average molecular weight is 316 g/mol. The lowest BCUT2D eigenvalue weighted by Crippen LogP contribution is -2.25. The third kappa shape index (κ3) is 4.54. The van der Waals surface area contributed by atoms with Crippen LogP contribution in [0.3, 0.4) is 0 Å². The Kier molecular flexibility index (Phi) is 6.12. The molecule has 23 heavy (non-hydrogen) atoms. The number of oxazole rings is 1. The SMILES string of the molecule is CCN(CC)CCCNc1oc(-c2ccc(F)cc2)nc1C#N. The molecule has 5 nitrogen and oxygen atoms in total. The molecule has 2 aromatic rings. The minimum Gasteiger partial charge on any atom is -0.419 e. The molecular weight excluding hydrogens is 295 g/mol. The molecule has 1 heterocycles. The van der Waals surface area contributed by atoms with Gasteiger partial charge in [-0.15, -0.1) is 0 Å². The number of nitrogens with one attached hydrogen (secondary N) is 1. The third-order valence-electron chi connectivity index (χ3n) is 3.66. The summed E-state index contributed by atoms with van der Waals surface area (Å²) in [6, 6.07) is 7.84. The van der Waals surface area contributed by atoms with Crippen molar-refractivity contribution in [3.05, 3.63) is 35.8 Å². The molecule has 0 radical (unpaired) electrons. The lowest BCUT2D eigenvalue weighted by atomic mass is 10.2. The van der Waals surface area contributed by atoms with E-state index in [9.17, 15) is 4.39 Å². The van der Waals surface area contributed by atoms with Crippen molar-refractivity contribution in [2.45, 2.75) is 20.3 Å². The molecule has 0 aliphatic heterocycles. The van der Waals surface area contributed by atoms with Gasteiger partial charge in [0.25, 0.3) is 0 Å². The van der Waals surface area contributed by atoms with Crippen LogP contribution in [0.15, 0.2) is 28.7 Å². The zero-order valence-corrected chi connectivity index (χ0v) is 13.5. The summed E-state index contributed by atoms with van der Waals surface area (Å²) < 4.78 is 18.6. The molecule has 1 aromatic heterocycles. The van der Waals surface area contributed by atoms with Crippen molar-refractivity contribution < 1.29 is 8.81 Å². The van der Waals surface area contributed by atoms with Crippen molar-refractivity contribution in [3.63, 3.8) is 0 Å². The van der Waals surface area contributed by atoms with Crippen LogP contribution in [0.2, 0.25) is 0 Å². The molecule has 1 aromatic carbocycles. The van der Waals surface area contributed by atoms with Gasteiger partial charge in [-0.25, -0.2) is 4.39 Å². The Morgan fingerprint density at radius 2 is 1.96 bits per heavy atom. The number of anilines is 1. The van der Waals surface area contributed by atoms with Crippen LogP contribution < -0.4 is 5.32 Å². The molecule has 0 fully saturated rings. The number of benzene rings is 1. The van der Waals surface area contributed by atoms with Crippen LogP contribution in [0.1, 0.15) is 26.0 Å². The Labute approximate surface area is 135 Å². The van der Waals surface area contributed by atoms with E-state index < -0.39 is 0 Å². The van der Waals surface area contributed by atoms with Gasteiger partial charge in [0.15, 0.2) is 0 Å². The molecule has 0 bridgehead atoms. The molecule has 0 saturated carbocycles. The van der Waals surface area contributed by atoms with Crippen molar-refractivity contribution in [1.29, 1.82) is 5.26 Å². The molecule has 122 valence electrons. The van der Waals surface area contributed by atoms with Crippen molar-refractivity contribution in [2.24, 2.45) is 0 Å². The molecule has 0 amide bonds. The van der Waals surface area contributed by atoms with Crippen LogP contribution in [0.4, 0.5) is 10.3 Å². The van der Waals surface area contributed by atoms with E-state index in [0.29, 0.717) is 23.9 Å². The molecule has 0 saturated heterocycles. The molecule has 0 spiro atoms. The normalized spacial score (nSPS) is 10.7. The van der Waals surface area contributed by atoms with Gasteiger partial charge in [0, 0.05) is 12.1 Å². The maximum Gasteiger partial charge on any atom is 0.232 e. The Balaban J connectivity index is 1.99. The summed E-state index contributed by atoms with van der Waals surface area (Å²) in [6.45, 7) is 8.00. The molecule has 6 heteroatoms. The Hall–Kier alpha value is -2.39. The Morgan fingerprint density at radius 1 is 1.26 bits per heavy atom. The van der Waals surface area contributed by atoms with Crippen LogP contribution in [-0.2, 0) is 0 Å². The largest absolute Gasteiger partial charge is 0.419 e. The first-order chi connectivity index (χ1) is 11.2. The van der Waals surface area contributed by atoms with Crippen LogP contribution in [-0.4, -0.2) is 36.1 Å². The number of halogens is 1. The highest BCUT2D eigenvalue weighted by molar-refractivity contribution is 5.58. The zero-order chi connectivity index (χ0) is 16.7. The van der Waals surface area contributed by atoms with Gasteiger partial charge >= 0.3 is 0 Å². The van der Waals surface area contributed by atoms with Gasteiger partial charge in [-0.1, -0.05) is 13.8 Å². The molecular formula is C17H21FN4O. The van der Waals surface area contributed by atoms with Crippen LogP contribution in [0.5, 0.6) is 0 Å². The first kappa shape index (κ1) is 17.0. The fourth-order valence-electron chi connectivity index (χ4n) is 2.28. The van der Waals surface area contributed by atoms with Gasteiger partial charge in [0.05, 0.1) is 0 Å². The van der Waals surface area contributed by atoms with Crippen molar-refractivity contribution in [1.82, 2.24) is 9.88 Å². The second-order valence-electron chi connectivity index (χ2n) is 5.12. The van der Waals surface area contributed by atoms with E-state index in [1.165, 1.54) is 12.1 Å². The van der Waals surface area contributed by atoms with Crippen LogP contribution in [0, 0.1) is 17.1 Å². The quantitative estimate of drug-likeness (QED) is 0.755. The molecule has 2 rings (SSSR count). The zero-order valence-electron chi connectivity index (χ0n) is 13.5. The first-order valence-corrected chi connectivity index (χ1v) is 7.81. The number of hydrogen-bond donors (Lipinski definition) is 1. The summed E-state index contributed by atoms with van der Waals surface area (Å²) in [4.78, 5) is 6.48. The first-order valence-electron chi connectivity index (χ1n) is 7.81. The smallest absolute Gasteiger partial charge is 0.232 e. The predicted molar refractivity (Wildman–Crippen MR) is 87.5 cm³/mol. The standard InChI is InChI=1S/C17H21FN4O/c1-3-22(4-2)11-5-10-20-17-15(12-19)21-16(23-17)13-6-8-14(18)9-7-13/h6-9,20H,3-5,10-11H2,1-2H3. The van der Waals surface area contributed by atoms with Crippen molar-refractivity contribution in [3.8, 4) is 17.5 Å². The fourth-order valence-corrected chi connectivity index (χ4v) is 2.28. The summed E-state index contributed by atoms with van der Waals surface area (Å²) >= 11 is 0. The number of rotatable bonds is 8. The van der Waals surface area contributed by atoms with Crippen molar-refractivity contribution >= 4 is 5.88 Å². The molecule has 0 aliphatic rings. The van der Waals surface area contributed by atoms with E-state index in [-0.39, 0.29) is 11.5 Å². The predicted octanol–water partition coefficient (Wildman–Crippen LogP) is 3.50. The monoisotopic (exact) mass is 316 g/mol. The molecule has 0 atom stereocenters. The van der Waals surface area contributed by atoms with Gasteiger partial charge in [0.1, 0.15) is 11.9 Å². The fraction of sp³-hybridized carbons (Fsp3) is 0.412. The van der Waals surface area contributed by atoms with Gasteiger partial charge < -0.3 is 14.6 Å². The summed E-state index contributed by atoms with van der Waals surface area (Å²) in [6.07, 6.45) is 0.944. The Bertz CT molecular complexity index is 656. The minimum atomic E-state index is -0.324. The summed E-state index contributed by atoms with van der Waals surface area (Å²) in [5.74, 6) is 0.356. The van der Waals surface area contributed by atoms with Gasteiger partial charge in [-0.2, -0.15) is 10.2 Å². The van der Waals surface area contributed by atoms with Gasteiger partial charge in [-0.3, -0.25) is 0 Å². The average Bonchev–Trinajstić information content (AvgIpc) is 2.99. The summed E-state index contributed by atoms with van der Waals surface area (Å²) in [5.41, 5.74) is 0.853. The summed E-state index contributed by atoms with van der Waals surface area (Å²) in [5, 5.41) is 12.3. The number of aromatic nitrogens is 1. The van der Waals surface area contributed by atoms with Crippen LogP contribution >= 0.6 is 0 Å². The highest BCUT2D eigenvalue weighted by Crippen LogP contribution is 2.25. The highest BCUT2D eigenvalue weighted by atomic mass is 19.1. The lowest BCUT2D eigenvalue weighted by Gasteiger charge is -2.17. The van der Waals surface area contributed by atoms with E-state index >= 15 is 0 Å². The van der Waals surface area contributed by atoms with E-state index in [2.05, 4.69) is 29.0 Å². The summed E-state index contributed by atoms with van der Waals surface area (Å²) in [7, 11) is 0.